The molecule has 3 rings (SSSR count). The van der Waals surface area contributed by atoms with Crippen molar-refractivity contribution in [3.63, 3.8) is 0 Å². The average Bonchev–Trinajstić information content (AvgIpc) is 3.37. The van der Waals surface area contributed by atoms with E-state index in [1.165, 1.54) is 18.4 Å². The van der Waals surface area contributed by atoms with Crippen molar-refractivity contribution >= 4 is 50.8 Å². The Bertz CT molecular complexity index is 814. The lowest BCUT2D eigenvalue weighted by molar-refractivity contribution is 1.01. The molecule has 5 nitrogen and oxygen atoms in total. The topological polar surface area (TPSA) is 76.2 Å². The Morgan fingerprint density at radius 1 is 1.42 bits per heavy atom. The van der Waals surface area contributed by atoms with Gasteiger partial charge in [0, 0.05) is 6.20 Å². The van der Waals surface area contributed by atoms with Crippen LogP contribution in [0.5, 0.6) is 0 Å². The zero-order valence-electron chi connectivity index (χ0n) is 13.1. The summed E-state index contributed by atoms with van der Waals surface area (Å²) in [4.78, 5) is 13.0. The molecule has 0 amide bonds. The monoisotopic (exact) mass is 405 g/mol. The van der Waals surface area contributed by atoms with Gasteiger partial charge in [0.2, 0.25) is 5.95 Å². The second kappa shape index (κ2) is 7.32. The first kappa shape index (κ1) is 16.9. The largest absolute Gasteiger partial charge is 0.384 e. The van der Waals surface area contributed by atoms with E-state index in [9.17, 15) is 0 Å². The van der Waals surface area contributed by atoms with Crippen molar-refractivity contribution < 1.29 is 0 Å². The Kier molecular flexibility index (Phi) is 5.16. The van der Waals surface area contributed by atoms with Crippen molar-refractivity contribution in [1.82, 2.24) is 9.97 Å². The van der Waals surface area contributed by atoms with Gasteiger partial charge in [0.25, 0.3) is 0 Å². The molecule has 0 unspecified atom stereocenters. The number of halogens is 2. The summed E-state index contributed by atoms with van der Waals surface area (Å²) in [5, 5.41) is 3.68. The lowest BCUT2D eigenvalue weighted by Crippen LogP contribution is -2.09. The highest BCUT2D eigenvalue weighted by atomic mass is 79.9. The molecule has 1 heterocycles. The summed E-state index contributed by atoms with van der Waals surface area (Å²) in [6.07, 6.45) is 6.01. The van der Waals surface area contributed by atoms with Gasteiger partial charge in [0.05, 0.1) is 15.2 Å². The fourth-order valence-electron chi connectivity index (χ4n) is 2.22. The Balaban J connectivity index is 1.83. The minimum absolute atomic E-state index is 0.403. The van der Waals surface area contributed by atoms with Crippen LogP contribution in [0.15, 0.2) is 51.6 Å². The van der Waals surface area contributed by atoms with E-state index in [4.69, 9.17) is 17.3 Å². The van der Waals surface area contributed by atoms with Gasteiger partial charge in [-0.3, -0.25) is 0 Å². The van der Waals surface area contributed by atoms with Crippen LogP contribution in [0, 0.1) is 5.92 Å². The Morgan fingerprint density at radius 3 is 2.88 bits per heavy atom. The molecule has 0 aliphatic heterocycles. The molecule has 1 aliphatic carbocycles. The number of hydrogen-bond acceptors (Lipinski definition) is 4. The van der Waals surface area contributed by atoms with Gasteiger partial charge >= 0.3 is 0 Å². The molecule has 2 aromatic rings. The number of nitrogens with zero attached hydrogens (tertiary/aromatic N) is 3. The fourth-order valence-corrected chi connectivity index (χ4v) is 2.69. The van der Waals surface area contributed by atoms with Gasteiger partial charge in [-0.05, 0) is 59.8 Å². The lowest BCUT2D eigenvalue weighted by Gasteiger charge is -2.07. The van der Waals surface area contributed by atoms with Crippen LogP contribution in [-0.4, -0.2) is 15.8 Å². The van der Waals surface area contributed by atoms with Crippen LogP contribution in [-0.2, 0) is 0 Å². The van der Waals surface area contributed by atoms with E-state index >= 15 is 0 Å². The molecule has 1 aliphatic rings. The number of aliphatic imine (C=N–C) groups is 1. The molecule has 24 heavy (non-hydrogen) atoms. The number of para-hydroxylation sites is 1. The van der Waals surface area contributed by atoms with Crippen molar-refractivity contribution in [2.45, 2.75) is 19.8 Å². The Labute approximate surface area is 154 Å². The van der Waals surface area contributed by atoms with Gasteiger partial charge in [-0.15, -0.1) is 0 Å². The highest BCUT2D eigenvalue weighted by Gasteiger charge is 2.22. The number of hydrogen-bond donors (Lipinski definition) is 2. The van der Waals surface area contributed by atoms with Crippen molar-refractivity contribution in [3.8, 4) is 0 Å². The normalized spacial score (nSPS) is 15.5. The summed E-state index contributed by atoms with van der Waals surface area (Å²) in [6.45, 7) is 2.08. The molecule has 1 aromatic carbocycles. The number of allylic oxidation sites excluding steroid dienone is 1. The second-order valence-electron chi connectivity index (χ2n) is 5.67. The summed E-state index contributed by atoms with van der Waals surface area (Å²) in [5.74, 6) is 1.96. The summed E-state index contributed by atoms with van der Waals surface area (Å²) in [7, 11) is 0. The van der Waals surface area contributed by atoms with Crippen LogP contribution in [0.4, 0.5) is 17.5 Å². The maximum absolute atomic E-state index is 6.14. The average molecular weight is 407 g/mol. The third-order valence-corrected chi connectivity index (χ3v) is 4.57. The van der Waals surface area contributed by atoms with Gasteiger partial charge in [-0.25, -0.2) is 9.98 Å². The van der Waals surface area contributed by atoms with Crippen molar-refractivity contribution in [3.05, 3.63) is 51.6 Å². The van der Waals surface area contributed by atoms with Crippen LogP contribution < -0.4 is 11.1 Å². The van der Waals surface area contributed by atoms with E-state index in [2.05, 4.69) is 43.1 Å². The van der Waals surface area contributed by atoms with E-state index in [1.54, 1.807) is 12.3 Å². The highest BCUT2D eigenvalue weighted by molar-refractivity contribution is 9.10. The van der Waals surface area contributed by atoms with Crippen LogP contribution in [0.3, 0.4) is 0 Å². The van der Waals surface area contributed by atoms with E-state index in [1.807, 2.05) is 24.3 Å². The Hall–Kier alpha value is -1.92. The number of rotatable bonds is 5. The molecule has 1 fully saturated rings. The predicted molar refractivity (Wildman–Crippen MR) is 102 cm³/mol. The number of aromatic nitrogens is 2. The molecule has 0 bridgehead atoms. The van der Waals surface area contributed by atoms with Crippen LogP contribution >= 0.6 is 27.5 Å². The van der Waals surface area contributed by atoms with Gasteiger partial charge < -0.3 is 11.1 Å². The van der Waals surface area contributed by atoms with E-state index in [-0.39, 0.29) is 0 Å². The number of benzene rings is 1. The zero-order chi connectivity index (χ0) is 17.1. The molecule has 1 saturated carbocycles. The standard InChI is InChI=1S/C17H17BrClN5/c1-10(11-6-7-11)8-15(20)23-16-12(18)9-21-17(24-16)22-14-5-3-2-4-13(14)19/h2-5,8-9,11H,6-7H2,1H3,(H3,20,21,22,23,24)/b10-8+. The molecule has 0 saturated heterocycles. The van der Waals surface area contributed by atoms with Crippen molar-refractivity contribution in [1.29, 1.82) is 0 Å². The molecule has 0 atom stereocenters. The third-order valence-electron chi connectivity index (χ3n) is 3.68. The van der Waals surface area contributed by atoms with E-state index in [0.717, 1.165) is 5.69 Å². The first-order valence-electron chi connectivity index (χ1n) is 7.59. The number of anilines is 2. The predicted octanol–water partition coefficient (Wildman–Crippen LogP) is 4.98. The minimum atomic E-state index is 0.403. The summed E-state index contributed by atoms with van der Waals surface area (Å²) >= 11 is 9.54. The van der Waals surface area contributed by atoms with E-state index < -0.39 is 0 Å². The first-order valence-corrected chi connectivity index (χ1v) is 8.76. The van der Waals surface area contributed by atoms with Crippen LogP contribution in [0.2, 0.25) is 5.02 Å². The molecular formula is C17H17BrClN5. The Morgan fingerprint density at radius 2 is 2.17 bits per heavy atom. The van der Waals surface area contributed by atoms with Gasteiger partial charge in [-0.2, -0.15) is 4.98 Å². The summed E-state index contributed by atoms with van der Waals surface area (Å²) in [5.41, 5.74) is 8.01. The first-order chi connectivity index (χ1) is 11.5. The highest BCUT2D eigenvalue weighted by Crippen LogP contribution is 2.36. The number of amidine groups is 1. The third kappa shape index (κ3) is 4.33. The van der Waals surface area contributed by atoms with Crippen LogP contribution in [0.1, 0.15) is 19.8 Å². The molecule has 0 radical (unpaired) electrons. The fraction of sp³-hybridized carbons (Fsp3) is 0.235. The molecule has 3 N–H and O–H groups in total. The maximum atomic E-state index is 6.14. The lowest BCUT2D eigenvalue weighted by atomic mass is 10.2. The maximum Gasteiger partial charge on any atom is 0.229 e. The van der Waals surface area contributed by atoms with Gasteiger partial charge in [0.15, 0.2) is 5.82 Å². The minimum Gasteiger partial charge on any atom is -0.384 e. The smallest absolute Gasteiger partial charge is 0.229 e. The van der Waals surface area contributed by atoms with Crippen molar-refractivity contribution in [2.75, 3.05) is 5.32 Å². The number of nitrogens with one attached hydrogen (secondary N) is 1. The number of nitrogens with two attached hydrogens (primary N) is 1. The molecular weight excluding hydrogens is 390 g/mol. The van der Waals surface area contributed by atoms with E-state index in [0.29, 0.717) is 33.0 Å². The molecule has 124 valence electrons. The van der Waals surface area contributed by atoms with Gasteiger partial charge in [-0.1, -0.05) is 29.3 Å². The molecule has 0 spiro atoms. The van der Waals surface area contributed by atoms with Gasteiger partial charge in [0.1, 0.15) is 5.84 Å². The quantitative estimate of drug-likeness (QED) is 0.542. The second-order valence-corrected chi connectivity index (χ2v) is 6.93. The summed E-state index contributed by atoms with van der Waals surface area (Å²) in [6, 6.07) is 7.40. The van der Waals surface area contributed by atoms with Crippen LogP contribution in [0.25, 0.3) is 0 Å². The SMILES string of the molecule is C/C(=C\C(N)=Nc1nc(Nc2ccccc2Cl)ncc1Br)C1CC1. The molecule has 7 heteroatoms. The summed E-state index contributed by atoms with van der Waals surface area (Å²) < 4.78 is 0.674. The van der Waals surface area contributed by atoms with Crippen molar-refractivity contribution in [2.24, 2.45) is 16.6 Å². The zero-order valence-corrected chi connectivity index (χ0v) is 15.5. The molecule has 1 aromatic heterocycles.